The quantitative estimate of drug-likeness (QED) is 0.634. The van der Waals surface area contributed by atoms with Crippen LogP contribution in [0.4, 0.5) is 0 Å². The molecule has 0 amide bonds. The van der Waals surface area contributed by atoms with E-state index in [4.69, 9.17) is 4.74 Å². The standard InChI is InChI=1S/C25H30N2O3/c1-4-30-25(29)23-18(3)27(19-10-8-9-17(2)15-19)21-11-12-22(28)20(24(21)23)16-26-13-6-5-7-14-26/h8-12,15,28H,4-7,13-14,16H2,1-3H3/p+1. The van der Waals surface area contributed by atoms with Crippen molar-refractivity contribution < 1.29 is 19.5 Å². The monoisotopic (exact) mass is 407 g/mol. The number of phenols is 1. The molecule has 30 heavy (non-hydrogen) atoms. The molecule has 0 aliphatic carbocycles. The van der Waals surface area contributed by atoms with E-state index in [1.54, 1.807) is 6.07 Å². The van der Waals surface area contributed by atoms with Gasteiger partial charge in [0, 0.05) is 16.8 Å². The van der Waals surface area contributed by atoms with Crippen LogP contribution in [0, 0.1) is 13.8 Å². The summed E-state index contributed by atoms with van der Waals surface area (Å²) in [6, 6.07) is 11.9. The molecule has 1 aliphatic heterocycles. The van der Waals surface area contributed by atoms with Crippen LogP contribution in [0.25, 0.3) is 16.6 Å². The van der Waals surface area contributed by atoms with Crippen LogP contribution in [-0.4, -0.2) is 35.3 Å². The van der Waals surface area contributed by atoms with Gasteiger partial charge >= 0.3 is 5.97 Å². The number of nitrogens with one attached hydrogen (secondary N) is 1. The number of piperidine rings is 1. The maximum Gasteiger partial charge on any atom is 0.340 e. The molecular weight excluding hydrogens is 376 g/mol. The molecule has 2 N–H and O–H groups in total. The van der Waals surface area contributed by atoms with Crippen molar-refractivity contribution in [1.29, 1.82) is 0 Å². The fourth-order valence-electron chi connectivity index (χ4n) is 4.77. The lowest BCUT2D eigenvalue weighted by Crippen LogP contribution is -3.11. The maximum atomic E-state index is 13.0. The van der Waals surface area contributed by atoms with Crippen molar-refractivity contribution in [3.63, 3.8) is 0 Å². The molecule has 2 heterocycles. The number of likely N-dealkylation sites (tertiary alicyclic amines) is 1. The minimum atomic E-state index is -0.327. The molecule has 0 radical (unpaired) electrons. The number of quaternary nitrogens is 1. The van der Waals surface area contributed by atoms with Crippen molar-refractivity contribution in [3.8, 4) is 11.4 Å². The largest absolute Gasteiger partial charge is 0.507 e. The molecule has 1 fully saturated rings. The highest BCUT2D eigenvalue weighted by molar-refractivity contribution is 6.08. The number of hydrogen-bond acceptors (Lipinski definition) is 3. The number of phenolic OH excluding ortho intramolecular Hbond substituents is 1. The lowest BCUT2D eigenvalue weighted by atomic mass is 10.0. The number of hydrogen-bond donors (Lipinski definition) is 2. The highest BCUT2D eigenvalue weighted by atomic mass is 16.5. The highest BCUT2D eigenvalue weighted by Gasteiger charge is 2.27. The van der Waals surface area contributed by atoms with E-state index in [9.17, 15) is 9.90 Å². The third-order valence-electron chi connectivity index (χ3n) is 6.18. The van der Waals surface area contributed by atoms with Gasteiger partial charge in [-0.25, -0.2) is 4.79 Å². The molecule has 1 aliphatic rings. The fourth-order valence-corrected chi connectivity index (χ4v) is 4.77. The summed E-state index contributed by atoms with van der Waals surface area (Å²) in [5.41, 5.74) is 5.36. The van der Waals surface area contributed by atoms with E-state index in [0.29, 0.717) is 18.7 Å². The van der Waals surface area contributed by atoms with Crippen LogP contribution in [0.1, 0.15) is 53.4 Å². The fraction of sp³-hybridized carbons (Fsp3) is 0.400. The van der Waals surface area contributed by atoms with E-state index in [1.807, 2.05) is 26.0 Å². The summed E-state index contributed by atoms with van der Waals surface area (Å²) >= 11 is 0. The third kappa shape index (κ3) is 3.70. The summed E-state index contributed by atoms with van der Waals surface area (Å²) in [7, 11) is 0. The zero-order valence-corrected chi connectivity index (χ0v) is 18.1. The summed E-state index contributed by atoms with van der Waals surface area (Å²) in [6.07, 6.45) is 3.69. The maximum absolute atomic E-state index is 13.0. The number of aromatic hydroxyl groups is 1. The zero-order chi connectivity index (χ0) is 21.3. The first-order chi connectivity index (χ1) is 14.5. The van der Waals surface area contributed by atoms with Gasteiger partial charge in [-0.15, -0.1) is 0 Å². The zero-order valence-electron chi connectivity index (χ0n) is 18.1. The number of carbonyl (C=O) groups is 1. The van der Waals surface area contributed by atoms with Gasteiger partial charge in [-0.3, -0.25) is 0 Å². The summed E-state index contributed by atoms with van der Waals surface area (Å²) < 4.78 is 7.55. The van der Waals surface area contributed by atoms with Gasteiger partial charge in [-0.2, -0.15) is 0 Å². The van der Waals surface area contributed by atoms with Crippen molar-refractivity contribution in [3.05, 3.63) is 58.8 Å². The number of aryl methyl sites for hydroxylation is 1. The minimum absolute atomic E-state index is 0.257. The van der Waals surface area contributed by atoms with Gasteiger partial charge in [0.15, 0.2) is 0 Å². The van der Waals surface area contributed by atoms with Crippen molar-refractivity contribution in [2.24, 2.45) is 0 Å². The van der Waals surface area contributed by atoms with E-state index in [0.717, 1.165) is 46.5 Å². The summed E-state index contributed by atoms with van der Waals surface area (Å²) in [4.78, 5) is 14.5. The topological polar surface area (TPSA) is 55.9 Å². The Bertz CT molecular complexity index is 1080. The van der Waals surface area contributed by atoms with Crippen molar-refractivity contribution in [1.82, 2.24) is 4.57 Å². The van der Waals surface area contributed by atoms with Gasteiger partial charge < -0.3 is 19.3 Å². The molecule has 0 bridgehead atoms. The number of carbonyl (C=O) groups excluding carboxylic acids is 1. The molecule has 0 unspecified atom stereocenters. The predicted molar refractivity (Wildman–Crippen MR) is 119 cm³/mol. The molecule has 0 saturated carbocycles. The van der Waals surface area contributed by atoms with Crippen LogP contribution in [0.3, 0.4) is 0 Å². The van der Waals surface area contributed by atoms with Gasteiger partial charge in [0.25, 0.3) is 0 Å². The Hall–Kier alpha value is -2.79. The second-order valence-corrected chi connectivity index (χ2v) is 8.30. The Morgan fingerprint density at radius 2 is 1.90 bits per heavy atom. The van der Waals surface area contributed by atoms with Crippen LogP contribution >= 0.6 is 0 Å². The van der Waals surface area contributed by atoms with Crippen LogP contribution in [0.2, 0.25) is 0 Å². The minimum Gasteiger partial charge on any atom is -0.507 e. The summed E-state index contributed by atoms with van der Waals surface area (Å²) in [6.45, 7) is 9.08. The first-order valence-electron chi connectivity index (χ1n) is 10.9. The first-order valence-corrected chi connectivity index (χ1v) is 10.9. The molecule has 1 aromatic heterocycles. The molecule has 3 aromatic rings. The Kier molecular flexibility index (Phi) is 5.82. The molecular formula is C25H31N2O3+. The number of fused-ring (bicyclic) bond motifs is 1. The van der Waals surface area contributed by atoms with Crippen molar-refractivity contribution >= 4 is 16.9 Å². The Balaban J connectivity index is 1.96. The van der Waals surface area contributed by atoms with E-state index >= 15 is 0 Å². The second kappa shape index (κ2) is 8.52. The molecule has 158 valence electrons. The van der Waals surface area contributed by atoms with Gasteiger partial charge in [0.1, 0.15) is 12.3 Å². The molecule has 4 rings (SSSR count). The lowest BCUT2D eigenvalue weighted by Gasteiger charge is -2.24. The SMILES string of the molecule is CCOC(=O)c1c(C)n(-c2cccc(C)c2)c2ccc(O)c(C[NH+]3CCCCC3)c12. The molecule has 2 aromatic carbocycles. The van der Waals surface area contributed by atoms with E-state index < -0.39 is 0 Å². The smallest absolute Gasteiger partial charge is 0.340 e. The van der Waals surface area contributed by atoms with Crippen LogP contribution in [0.15, 0.2) is 36.4 Å². The molecule has 5 nitrogen and oxygen atoms in total. The summed E-state index contributed by atoms with van der Waals surface area (Å²) in [5.74, 6) is -0.0700. The van der Waals surface area contributed by atoms with Crippen LogP contribution in [0.5, 0.6) is 5.75 Å². The average Bonchev–Trinajstić information content (AvgIpc) is 3.03. The van der Waals surface area contributed by atoms with Gasteiger partial charge in [0.2, 0.25) is 0 Å². The number of ether oxygens (including phenoxy) is 1. The normalized spacial score (nSPS) is 14.9. The van der Waals surface area contributed by atoms with Crippen LogP contribution in [-0.2, 0) is 11.3 Å². The molecule has 1 saturated heterocycles. The highest BCUT2D eigenvalue weighted by Crippen LogP contribution is 2.36. The van der Waals surface area contributed by atoms with Gasteiger partial charge in [0.05, 0.1) is 36.3 Å². The van der Waals surface area contributed by atoms with E-state index in [-0.39, 0.29) is 11.7 Å². The Morgan fingerprint density at radius 3 is 2.60 bits per heavy atom. The first kappa shape index (κ1) is 20.5. The third-order valence-corrected chi connectivity index (χ3v) is 6.18. The predicted octanol–water partition coefficient (Wildman–Crippen LogP) is 3.70. The Labute approximate surface area is 177 Å². The van der Waals surface area contributed by atoms with E-state index in [2.05, 4.69) is 29.7 Å². The lowest BCUT2D eigenvalue weighted by molar-refractivity contribution is -0.918. The van der Waals surface area contributed by atoms with Crippen molar-refractivity contribution in [2.75, 3.05) is 19.7 Å². The molecule has 0 atom stereocenters. The average molecular weight is 408 g/mol. The number of nitrogens with zero attached hydrogens (tertiary/aromatic N) is 1. The number of esters is 1. The molecule has 0 spiro atoms. The molecule has 5 heteroatoms. The van der Waals surface area contributed by atoms with Crippen molar-refractivity contribution in [2.45, 2.75) is 46.6 Å². The number of aromatic nitrogens is 1. The van der Waals surface area contributed by atoms with Gasteiger partial charge in [-0.05, 0) is 69.9 Å². The summed E-state index contributed by atoms with van der Waals surface area (Å²) in [5, 5.41) is 11.6. The number of benzene rings is 2. The van der Waals surface area contributed by atoms with Crippen LogP contribution < -0.4 is 4.90 Å². The second-order valence-electron chi connectivity index (χ2n) is 8.30. The number of rotatable bonds is 5. The Morgan fingerprint density at radius 1 is 1.13 bits per heavy atom. The van der Waals surface area contributed by atoms with Gasteiger partial charge in [-0.1, -0.05) is 12.1 Å². The van der Waals surface area contributed by atoms with E-state index in [1.165, 1.54) is 24.2 Å².